The van der Waals surface area contributed by atoms with Gasteiger partial charge in [0.15, 0.2) is 0 Å². The lowest BCUT2D eigenvalue weighted by Crippen LogP contribution is -2.47. The molecule has 7 heteroatoms. The molecule has 24 heavy (non-hydrogen) atoms. The average Bonchev–Trinajstić information content (AvgIpc) is 3.20. The lowest BCUT2D eigenvalue weighted by Gasteiger charge is -2.25. The van der Waals surface area contributed by atoms with Crippen molar-refractivity contribution < 1.29 is 23.5 Å². The molecule has 3 rings (SSSR count). The van der Waals surface area contributed by atoms with Gasteiger partial charge in [0.2, 0.25) is 5.91 Å². The van der Waals surface area contributed by atoms with Gasteiger partial charge in [-0.1, -0.05) is 6.07 Å². The molecule has 1 heterocycles. The predicted octanol–water partition coefficient (Wildman–Crippen LogP) is 1.73. The van der Waals surface area contributed by atoms with Crippen LogP contribution in [0.4, 0.5) is 8.78 Å². The van der Waals surface area contributed by atoms with Crippen molar-refractivity contribution in [2.24, 2.45) is 5.92 Å². The fourth-order valence-electron chi connectivity index (χ4n) is 3.43. The summed E-state index contributed by atoms with van der Waals surface area (Å²) in [6.45, 7) is 2.74. The summed E-state index contributed by atoms with van der Waals surface area (Å²) in [6.07, 6.45) is 1.24. The SMILES string of the molecule is C[C@]1(NCC(=O)O)CCN(C(=O)[C@@H]2C[C@H]2c2ccc(F)cc2F)C1. The molecule has 1 aromatic rings. The van der Waals surface area contributed by atoms with E-state index in [2.05, 4.69) is 5.32 Å². The molecule has 1 aliphatic heterocycles. The van der Waals surface area contributed by atoms with Crippen LogP contribution in [0, 0.1) is 17.6 Å². The molecule has 1 amide bonds. The van der Waals surface area contributed by atoms with Gasteiger partial charge in [0.1, 0.15) is 11.6 Å². The third-order valence-electron chi connectivity index (χ3n) is 4.92. The Morgan fingerprint density at radius 1 is 1.42 bits per heavy atom. The van der Waals surface area contributed by atoms with E-state index in [1.807, 2.05) is 6.92 Å². The summed E-state index contributed by atoms with van der Waals surface area (Å²) in [7, 11) is 0. The lowest BCUT2D eigenvalue weighted by molar-refractivity contribution is -0.136. The number of nitrogens with zero attached hydrogens (tertiary/aromatic N) is 1. The second kappa shape index (κ2) is 6.12. The molecule has 1 aromatic carbocycles. The van der Waals surface area contributed by atoms with E-state index >= 15 is 0 Å². The summed E-state index contributed by atoms with van der Waals surface area (Å²) in [5.74, 6) is -2.67. The van der Waals surface area contributed by atoms with Crippen molar-refractivity contribution in [1.29, 1.82) is 0 Å². The number of rotatable bonds is 5. The monoisotopic (exact) mass is 338 g/mol. The number of benzene rings is 1. The minimum absolute atomic E-state index is 0.0374. The standard InChI is InChI=1S/C17H20F2N2O3/c1-17(20-8-15(22)23)4-5-21(9-17)16(24)13-7-12(13)11-3-2-10(18)6-14(11)19/h2-3,6,12-13,20H,4-5,7-9H2,1H3,(H,22,23)/t12-,13+,17-/m0/s1. The number of carbonyl (C=O) groups is 2. The third kappa shape index (κ3) is 3.40. The number of amides is 1. The Hall–Kier alpha value is -2.02. The highest BCUT2D eigenvalue weighted by Crippen LogP contribution is 2.49. The molecule has 130 valence electrons. The molecule has 0 spiro atoms. The van der Waals surface area contributed by atoms with Crippen LogP contribution in [0.3, 0.4) is 0 Å². The molecule has 0 aromatic heterocycles. The number of aliphatic carboxylic acids is 1. The fraction of sp³-hybridized carbons (Fsp3) is 0.529. The summed E-state index contributed by atoms with van der Waals surface area (Å²) in [6, 6.07) is 3.46. The fourth-order valence-corrected chi connectivity index (χ4v) is 3.43. The number of nitrogens with one attached hydrogen (secondary N) is 1. The molecule has 0 unspecified atom stereocenters. The first-order valence-electron chi connectivity index (χ1n) is 8.00. The highest BCUT2D eigenvalue weighted by Gasteiger charge is 2.49. The van der Waals surface area contributed by atoms with Crippen molar-refractivity contribution in [3.8, 4) is 0 Å². The highest BCUT2D eigenvalue weighted by molar-refractivity contribution is 5.83. The van der Waals surface area contributed by atoms with E-state index in [9.17, 15) is 18.4 Å². The topological polar surface area (TPSA) is 69.6 Å². The highest BCUT2D eigenvalue weighted by atomic mass is 19.1. The van der Waals surface area contributed by atoms with Crippen molar-refractivity contribution in [2.45, 2.75) is 31.2 Å². The van der Waals surface area contributed by atoms with E-state index in [1.54, 1.807) is 4.90 Å². The van der Waals surface area contributed by atoms with Crippen LogP contribution in [0.1, 0.15) is 31.2 Å². The van der Waals surface area contributed by atoms with Crippen LogP contribution in [0.5, 0.6) is 0 Å². The van der Waals surface area contributed by atoms with Crippen LogP contribution in [-0.2, 0) is 9.59 Å². The van der Waals surface area contributed by atoms with Crippen molar-refractivity contribution in [3.63, 3.8) is 0 Å². The van der Waals surface area contributed by atoms with Gasteiger partial charge in [-0.15, -0.1) is 0 Å². The van der Waals surface area contributed by atoms with Crippen LogP contribution in [0.2, 0.25) is 0 Å². The zero-order chi connectivity index (χ0) is 17.5. The maximum atomic E-state index is 13.8. The summed E-state index contributed by atoms with van der Waals surface area (Å²) in [4.78, 5) is 25.0. The Balaban J connectivity index is 1.60. The van der Waals surface area contributed by atoms with Gasteiger partial charge in [0.05, 0.1) is 6.54 Å². The quantitative estimate of drug-likeness (QED) is 0.858. The molecule has 5 nitrogen and oxygen atoms in total. The Morgan fingerprint density at radius 3 is 2.83 bits per heavy atom. The maximum Gasteiger partial charge on any atom is 0.317 e. The first kappa shape index (κ1) is 16.8. The summed E-state index contributed by atoms with van der Waals surface area (Å²) >= 11 is 0. The van der Waals surface area contributed by atoms with Gasteiger partial charge in [-0.2, -0.15) is 0 Å². The van der Waals surface area contributed by atoms with Crippen molar-refractivity contribution in [3.05, 3.63) is 35.4 Å². The van der Waals surface area contributed by atoms with Crippen LogP contribution >= 0.6 is 0 Å². The Morgan fingerprint density at radius 2 is 2.17 bits per heavy atom. The van der Waals surface area contributed by atoms with Crippen LogP contribution in [-0.4, -0.2) is 47.1 Å². The first-order chi connectivity index (χ1) is 11.3. The van der Waals surface area contributed by atoms with Crippen LogP contribution < -0.4 is 5.32 Å². The largest absolute Gasteiger partial charge is 0.480 e. The van der Waals surface area contributed by atoms with E-state index in [0.29, 0.717) is 31.5 Å². The number of hydrogen-bond donors (Lipinski definition) is 2. The van der Waals surface area contributed by atoms with E-state index in [1.165, 1.54) is 12.1 Å². The maximum absolute atomic E-state index is 13.8. The zero-order valence-corrected chi connectivity index (χ0v) is 13.4. The molecular weight excluding hydrogens is 318 g/mol. The van der Waals surface area contributed by atoms with Gasteiger partial charge in [-0.25, -0.2) is 8.78 Å². The molecule has 1 aliphatic carbocycles. The molecule has 3 atom stereocenters. The van der Waals surface area contributed by atoms with Gasteiger partial charge in [-0.3, -0.25) is 14.9 Å². The molecular formula is C17H20F2N2O3. The summed E-state index contributed by atoms with van der Waals surface area (Å²) in [5, 5.41) is 11.7. The number of carboxylic acids is 1. The van der Waals surface area contributed by atoms with E-state index in [0.717, 1.165) is 6.07 Å². The minimum Gasteiger partial charge on any atom is -0.480 e. The van der Waals surface area contributed by atoms with Gasteiger partial charge in [0.25, 0.3) is 0 Å². The number of likely N-dealkylation sites (tertiary alicyclic amines) is 1. The predicted molar refractivity (Wildman–Crippen MR) is 82.4 cm³/mol. The first-order valence-corrected chi connectivity index (χ1v) is 8.00. The van der Waals surface area contributed by atoms with Gasteiger partial charge >= 0.3 is 5.97 Å². The van der Waals surface area contributed by atoms with E-state index < -0.39 is 23.1 Å². The van der Waals surface area contributed by atoms with Gasteiger partial charge in [0, 0.05) is 30.6 Å². The number of carbonyl (C=O) groups excluding carboxylic acids is 1. The second-order valence-corrected chi connectivity index (χ2v) is 6.93. The third-order valence-corrected chi connectivity index (χ3v) is 4.92. The Bertz CT molecular complexity index is 682. The van der Waals surface area contributed by atoms with Crippen molar-refractivity contribution >= 4 is 11.9 Å². The van der Waals surface area contributed by atoms with E-state index in [-0.39, 0.29) is 24.3 Å². The Labute approximate surface area is 138 Å². The Kier molecular flexibility index (Phi) is 4.29. The van der Waals surface area contributed by atoms with Crippen LogP contribution in [0.25, 0.3) is 0 Å². The number of hydrogen-bond acceptors (Lipinski definition) is 3. The average molecular weight is 338 g/mol. The smallest absolute Gasteiger partial charge is 0.317 e. The normalized spacial score (nSPS) is 28.9. The van der Waals surface area contributed by atoms with Gasteiger partial charge in [-0.05, 0) is 37.3 Å². The minimum atomic E-state index is -0.935. The molecule has 1 saturated heterocycles. The molecule has 2 aliphatic rings. The molecule has 1 saturated carbocycles. The van der Waals surface area contributed by atoms with E-state index in [4.69, 9.17) is 5.11 Å². The van der Waals surface area contributed by atoms with Crippen LogP contribution in [0.15, 0.2) is 18.2 Å². The number of carboxylic acid groups (broad SMARTS) is 1. The summed E-state index contributed by atoms with van der Waals surface area (Å²) in [5.41, 5.74) is -0.0276. The molecule has 2 N–H and O–H groups in total. The molecule has 0 radical (unpaired) electrons. The van der Waals surface area contributed by atoms with Crippen molar-refractivity contribution in [2.75, 3.05) is 19.6 Å². The number of halogens is 2. The van der Waals surface area contributed by atoms with Crippen molar-refractivity contribution in [1.82, 2.24) is 10.2 Å². The molecule has 2 fully saturated rings. The zero-order valence-electron chi connectivity index (χ0n) is 13.4. The summed E-state index contributed by atoms with van der Waals surface area (Å²) < 4.78 is 26.8. The van der Waals surface area contributed by atoms with Gasteiger partial charge < -0.3 is 10.0 Å². The lowest BCUT2D eigenvalue weighted by atomic mass is 10.0. The second-order valence-electron chi connectivity index (χ2n) is 6.93. The molecule has 0 bridgehead atoms.